The number of aryl methyl sites for hydroxylation is 1. The summed E-state index contributed by atoms with van der Waals surface area (Å²) >= 11 is 0. The van der Waals surface area contributed by atoms with Gasteiger partial charge in [-0.2, -0.15) is 0 Å². The summed E-state index contributed by atoms with van der Waals surface area (Å²) in [6, 6.07) is 6.69. The number of carbonyl (C=O) groups is 2. The third kappa shape index (κ3) is 3.16. The number of aromatic carboxylic acids is 1. The van der Waals surface area contributed by atoms with Crippen LogP contribution in [0, 0.1) is 0 Å². The highest BCUT2D eigenvalue weighted by Crippen LogP contribution is 2.25. The summed E-state index contributed by atoms with van der Waals surface area (Å²) in [6.45, 7) is 0.0387. The Morgan fingerprint density at radius 3 is 2.43 bits per heavy atom. The number of aliphatic carboxylic acids is 1. The molecular formula is C13H13N3O5. The summed E-state index contributed by atoms with van der Waals surface area (Å²) in [5.74, 6) is -1.59. The molecule has 0 bridgehead atoms. The Kier molecular flexibility index (Phi) is 4.17. The van der Waals surface area contributed by atoms with Crippen molar-refractivity contribution >= 4 is 11.9 Å². The second-order valence-corrected chi connectivity index (χ2v) is 4.19. The summed E-state index contributed by atoms with van der Waals surface area (Å²) in [7, 11) is 1.52. The third-order valence-electron chi connectivity index (χ3n) is 2.84. The van der Waals surface area contributed by atoms with Crippen molar-refractivity contribution in [1.82, 2.24) is 15.0 Å². The van der Waals surface area contributed by atoms with E-state index < -0.39 is 11.9 Å². The Morgan fingerprint density at radius 2 is 1.90 bits per heavy atom. The number of hydrogen-bond acceptors (Lipinski definition) is 5. The predicted octanol–water partition coefficient (Wildman–Crippen LogP) is 1.13. The van der Waals surface area contributed by atoms with Crippen LogP contribution < -0.4 is 4.74 Å². The van der Waals surface area contributed by atoms with Crippen molar-refractivity contribution in [3.8, 4) is 17.0 Å². The minimum absolute atomic E-state index is 0.0387. The minimum Gasteiger partial charge on any atom is -0.497 e. The van der Waals surface area contributed by atoms with Crippen LogP contribution in [0.1, 0.15) is 16.9 Å². The van der Waals surface area contributed by atoms with Crippen LogP contribution in [0.2, 0.25) is 0 Å². The van der Waals surface area contributed by atoms with Crippen LogP contribution in [0.15, 0.2) is 24.3 Å². The number of ether oxygens (including phenoxy) is 1. The lowest BCUT2D eigenvalue weighted by atomic mass is 10.1. The van der Waals surface area contributed by atoms with Gasteiger partial charge in [0.2, 0.25) is 0 Å². The predicted molar refractivity (Wildman–Crippen MR) is 71.2 cm³/mol. The molecule has 1 aromatic carbocycles. The fourth-order valence-electron chi connectivity index (χ4n) is 1.85. The van der Waals surface area contributed by atoms with Gasteiger partial charge in [-0.25, -0.2) is 9.48 Å². The zero-order valence-corrected chi connectivity index (χ0v) is 11.2. The molecule has 0 aliphatic rings. The van der Waals surface area contributed by atoms with Gasteiger partial charge < -0.3 is 14.9 Å². The van der Waals surface area contributed by atoms with E-state index in [-0.39, 0.29) is 24.4 Å². The Morgan fingerprint density at radius 1 is 1.24 bits per heavy atom. The molecule has 8 heteroatoms. The highest BCUT2D eigenvalue weighted by molar-refractivity contribution is 5.92. The molecular weight excluding hydrogens is 278 g/mol. The minimum atomic E-state index is -1.22. The Labute approximate surface area is 119 Å². The Hall–Kier alpha value is -2.90. The first kappa shape index (κ1) is 14.5. The molecule has 0 spiro atoms. The molecule has 0 saturated heterocycles. The summed E-state index contributed by atoms with van der Waals surface area (Å²) in [6.07, 6.45) is -0.175. The van der Waals surface area contributed by atoms with Crippen LogP contribution in [0.5, 0.6) is 5.75 Å². The van der Waals surface area contributed by atoms with Crippen molar-refractivity contribution in [3.05, 3.63) is 30.0 Å². The number of rotatable bonds is 6. The smallest absolute Gasteiger partial charge is 0.358 e. The molecule has 0 fully saturated rings. The lowest BCUT2D eigenvalue weighted by Gasteiger charge is -2.07. The van der Waals surface area contributed by atoms with E-state index in [1.54, 1.807) is 24.3 Å². The first-order valence-corrected chi connectivity index (χ1v) is 6.06. The topological polar surface area (TPSA) is 115 Å². The maximum atomic E-state index is 11.2. The van der Waals surface area contributed by atoms with Crippen molar-refractivity contribution in [1.29, 1.82) is 0 Å². The maximum absolute atomic E-state index is 11.2. The van der Waals surface area contributed by atoms with Gasteiger partial charge in [0, 0.05) is 5.56 Å². The van der Waals surface area contributed by atoms with Crippen molar-refractivity contribution in [2.24, 2.45) is 0 Å². The summed E-state index contributed by atoms with van der Waals surface area (Å²) < 4.78 is 6.32. The second-order valence-electron chi connectivity index (χ2n) is 4.19. The molecule has 0 aliphatic heterocycles. The van der Waals surface area contributed by atoms with E-state index in [1.807, 2.05) is 0 Å². The van der Waals surface area contributed by atoms with E-state index in [0.29, 0.717) is 11.3 Å². The van der Waals surface area contributed by atoms with Gasteiger partial charge in [0.25, 0.3) is 0 Å². The molecule has 0 saturated carbocycles. The molecule has 0 aliphatic carbocycles. The van der Waals surface area contributed by atoms with Gasteiger partial charge >= 0.3 is 11.9 Å². The van der Waals surface area contributed by atoms with Gasteiger partial charge in [-0.1, -0.05) is 5.21 Å². The highest BCUT2D eigenvalue weighted by Gasteiger charge is 2.20. The van der Waals surface area contributed by atoms with Crippen molar-refractivity contribution in [3.63, 3.8) is 0 Å². The number of aromatic nitrogens is 3. The highest BCUT2D eigenvalue weighted by atomic mass is 16.5. The molecule has 0 radical (unpaired) electrons. The summed E-state index contributed by atoms with van der Waals surface area (Å²) in [4.78, 5) is 21.9. The van der Waals surface area contributed by atoms with E-state index >= 15 is 0 Å². The molecule has 110 valence electrons. The maximum Gasteiger partial charge on any atom is 0.358 e. The van der Waals surface area contributed by atoms with Crippen LogP contribution in [-0.2, 0) is 11.3 Å². The fraction of sp³-hybridized carbons (Fsp3) is 0.231. The van der Waals surface area contributed by atoms with E-state index in [4.69, 9.17) is 14.9 Å². The van der Waals surface area contributed by atoms with Gasteiger partial charge in [-0.3, -0.25) is 4.79 Å². The molecule has 2 aromatic rings. The molecule has 2 N–H and O–H groups in total. The van der Waals surface area contributed by atoms with Gasteiger partial charge in [0.15, 0.2) is 5.69 Å². The first-order chi connectivity index (χ1) is 10.0. The quantitative estimate of drug-likeness (QED) is 0.819. The van der Waals surface area contributed by atoms with Gasteiger partial charge in [0.1, 0.15) is 11.4 Å². The zero-order valence-electron chi connectivity index (χ0n) is 11.2. The van der Waals surface area contributed by atoms with Crippen LogP contribution in [0.4, 0.5) is 0 Å². The summed E-state index contributed by atoms with van der Waals surface area (Å²) in [5, 5.41) is 25.2. The average Bonchev–Trinajstić information content (AvgIpc) is 2.89. The van der Waals surface area contributed by atoms with Crippen LogP contribution in [-0.4, -0.2) is 44.3 Å². The van der Waals surface area contributed by atoms with Gasteiger partial charge in [0.05, 0.1) is 20.1 Å². The number of carboxylic acid groups (broad SMARTS) is 2. The standard InChI is InChI=1S/C13H13N3O5/c1-21-9-4-2-8(3-5-9)12-11(13(19)20)14-15-16(12)7-6-10(17)18/h2-5H,6-7H2,1H3,(H,17,18)(H,19,20). The van der Waals surface area contributed by atoms with Crippen molar-refractivity contribution in [2.45, 2.75) is 13.0 Å². The average molecular weight is 291 g/mol. The van der Waals surface area contributed by atoms with E-state index in [0.717, 1.165) is 0 Å². The number of nitrogens with zero attached hydrogens (tertiary/aromatic N) is 3. The summed E-state index contributed by atoms with van der Waals surface area (Å²) in [5.41, 5.74) is 0.626. The van der Waals surface area contributed by atoms with E-state index in [2.05, 4.69) is 10.3 Å². The molecule has 1 aromatic heterocycles. The number of carboxylic acids is 2. The van der Waals surface area contributed by atoms with Gasteiger partial charge in [-0.05, 0) is 24.3 Å². The molecule has 2 rings (SSSR count). The monoisotopic (exact) mass is 291 g/mol. The SMILES string of the molecule is COc1ccc(-c2c(C(=O)O)nnn2CCC(=O)O)cc1. The Balaban J connectivity index is 2.44. The number of methoxy groups -OCH3 is 1. The third-order valence-corrected chi connectivity index (χ3v) is 2.84. The van der Waals surface area contributed by atoms with Crippen molar-refractivity contribution in [2.75, 3.05) is 7.11 Å². The number of hydrogen-bond donors (Lipinski definition) is 2. The lowest BCUT2D eigenvalue weighted by molar-refractivity contribution is -0.137. The number of benzene rings is 1. The Bertz CT molecular complexity index is 663. The fourth-order valence-corrected chi connectivity index (χ4v) is 1.85. The van der Waals surface area contributed by atoms with E-state index in [9.17, 15) is 9.59 Å². The van der Waals surface area contributed by atoms with Crippen LogP contribution in [0.25, 0.3) is 11.3 Å². The first-order valence-electron chi connectivity index (χ1n) is 6.06. The van der Waals surface area contributed by atoms with Crippen molar-refractivity contribution < 1.29 is 24.5 Å². The second kappa shape index (κ2) is 6.04. The van der Waals surface area contributed by atoms with E-state index in [1.165, 1.54) is 11.8 Å². The normalized spacial score (nSPS) is 10.3. The molecule has 1 heterocycles. The molecule has 21 heavy (non-hydrogen) atoms. The van der Waals surface area contributed by atoms with Crippen LogP contribution >= 0.6 is 0 Å². The largest absolute Gasteiger partial charge is 0.497 e. The van der Waals surface area contributed by atoms with Gasteiger partial charge in [-0.15, -0.1) is 5.10 Å². The van der Waals surface area contributed by atoms with Crippen LogP contribution in [0.3, 0.4) is 0 Å². The lowest BCUT2D eigenvalue weighted by Crippen LogP contribution is -2.08. The molecule has 0 unspecified atom stereocenters. The zero-order chi connectivity index (χ0) is 15.4. The molecule has 0 atom stereocenters. The molecule has 8 nitrogen and oxygen atoms in total. The molecule has 0 amide bonds.